The van der Waals surface area contributed by atoms with Crippen molar-refractivity contribution in [1.82, 2.24) is 9.13 Å². The van der Waals surface area contributed by atoms with E-state index < -0.39 is 34.2 Å². The van der Waals surface area contributed by atoms with Crippen molar-refractivity contribution in [3.8, 4) is 17.4 Å². The number of aromatic nitrogens is 2. The lowest BCUT2D eigenvalue weighted by Gasteiger charge is -2.16. The van der Waals surface area contributed by atoms with E-state index in [0.717, 1.165) is 44.6 Å². The molecule has 0 bridgehead atoms. The van der Waals surface area contributed by atoms with Gasteiger partial charge < -0.3 is 4.57 Å². The van der Waals surface area contributed by atoms with Crippen LogP contribution in [0.25, 0.3) is 23.0 Å². The Balaban J connectivity index is 2.11. The molecule has 2 heterocycles. The van der Waals surface area contributed by atoms with Gasteiger partial charge in [0.2, 0.25) is 0 Å². The van der Waals surface area contributed by atoms with E-state index in [-0.39, 0.29) is 14.8 Å². The Labute approximate surface area is 233 Å². The fourth-order valence-corrected chi connectivity index (χ4v) is 5.67. The largest absolute Gasteiger partial charge is 0.418 e. The molecule has 0 aliphatic carbocycles. The highest BCUT2D eigenvalue weighted by atomic mass is 32.1. The molecule has 0 spiro atoms. The van der Waals surface area contributed by atoms with Gasteiger partial charge in [-0.3, -0.25) is 14.2 Å². The third-order valence-corrected chi connectivity index (χ3v) is 7.62. The number of nitriles is 1. The zero-order valence-electron chi connectivity index (χ0n) is 23.0. The molecule has 0 atom stereocenters. The van der Waals surface area contributed by atoms with Crippen molar-refractivity contribution in [2.24, 2.45) is 5.41 Å². The number of aryl methyl sites for hydroxylation is 2. The Kier molecular flexibility index (Phi) is 7.52. The van der Waals surface area contributed by atoms with E-state index in [1.807, 2.05) is 61.7 Å². The molecule has 0 radical (unpaired) electrons. The number of halogens is 3. The SMILES string of the molecule is Cc1cccc(-n2c(C)cc(/C=c3\s/c(=C(/C#N)C(=O)C(C)(C)C)n(-c4ccccc4C(F)(F)F)c3=O)c2C)c1. The lowest BCUT2D eigenvalue weighted by molar-refractivity contribution is -0.137. The number of carbonyl (C=O) groups is 1. The highest BCUT2D eigenvalue weighted by molar-refractivity contribution is 7.07. The lowest BCUT2D eigenvalue weighted by Crippen LogP contribution is -2.34. The number of nitrogens with zero attached hydrogens (tertiary/aromatic N) is 3. The van der Waals surface area contributed by atoms with E-state index in [1.165, 1.54) is 18.2 Å². The average Bonchev–Trinajstić information content (AvgIpc) is 3.33. The van der Waals surface area contributed by atoms with Gasteiger partial charge in [0.1, 0.15) is 16.3 Å². The minimum atomic E-state index is -4.77. The molecular weight excluding hydrogens is 535 g/mol. The van der Waals surface area contributed by atoms with Gasteiger partial charge in [0.15, 0.2) is 5.78 Å². The van der Waals surface area contributed by atoms with Gasteiger partial charge in [-0.1, -0.05) is 45.0 Å². The van der Waals surface area contributed by atoms with Crippen LogP contribution in [0.3, 0.4) is 0 Å². The summed E-state index contributed by atoms with van der Waals surface area (Å²) in [6, 6.07) is 16.3. The number of Topliss-reactive ketones (excluding diaryl/α,β-unsaturated/α-hetero) is 1. The minimum absolute atomic E-state index is 0.103. The molecule has 0 saturated heterocycles. The normalized spacial score (nSPS) is 13.3. The van der Waals surface area contributed by atoms with E-state index in [0.29, 0.717) is 5.56 Å². The molecule has 206 valence electrons. The number of hydrogen-bond acceptors (Lipinski definition) is 4. The van der Waals surface area contributed by atoms with Crippen LogP contribution in [0.15, 0.2) is 59.4 Å². The Morgan fingerprint density at radius 1 is 0.975 bits per heavy atom. The van der Waals surface area contributed by atoms with Crippen molar-refractivity contribution in [2.75, 3.05) is 0 Å². The summed E-state index contributed by atoms with van der Waals surface area (Å²) in [5, 5.41) is 9.98. The second kappa shape index (κ2) is 10.4. The summed E-state index contributed by atoms with van der Waals surface area (Å²) in [6.07, 6.45) is -3.16. The molecule has 9 heteroatoms. The minimum Gasteiger partial charge on any atom is -0.318 e. The number of hydrogen-bond donors (Lipinski definition) is 0. The predicted molar refractivity (Wildman–Crippen MR) is 151 cm³/mol. The molecular formula is C31H28F3N3O2S. The molecule has 5 nitrogen and oxygen atoms in total. The molecule has 0 unspecified atom stereocenters. The maximum absolute atomic E-state index is 14.0. The first-order valence-electron chi connectivity index (χ1n) is 12.5. The molecule has 0 N–H and O–H groups in total. The van der Waals surface area contributed by atoms with Crippen molar-refractivity contribution >= 4 is 28.8 Å². The number of carbonyl (C=O) groups excluding carboxylic acids is 1. The summed E-state index contributed by atoms with van der Waals surface area (Å²) in [4.78, 5) is 27.0. The molecule has 0 saturated carbocycles. The van der Waals surface area contributed by atoms with Crippen LogP contribution in [-0.4, -0.2) is 14.9 Å². The number of ketones is 1. The summed E-state index contributed by atoms with van der Waals surface area (Å²) in [5.41, 5.74) is 0.857. The van der Waals surface area contributed by atoms with Crippen LogP contribution in [0.2, 0.25) is 0 Å². The van der Waals surface area contributed by atoms with Crippen molar-refractivity contribution in [3.05, 3.63) is 102 Å². The van der Waals surface area contributed by atoms with Crippen LogP contribution in [0.5, 0.6) is 0 Å². The topological polar surface area (TPSA) is 67.8 Å². The van der Waals surface area contributed by atoms with Crippen molar-refractivity contribution in [3.63, 3.8) is 0 Å². The molecule has 0 aliphatic rings. The van der Waals surface area contributed by atoms with E-state index >= 15 is 0 Å². The summed E-state index contributed by atoms with van der Waals surface area (Å²) in [7, 11) is 0. The second-order valence-corrected chi connectivity index (χ2v) is 11.7. The van der Waals surface area contributed by atoms with Gasteiger partial charge in [-0.25, -0.2) is 0 Å². The smallest absolute Gasteiger partial charge is 0.318 e. The third kappa shape index (κ3) is 5.32. The molecule has 4 aromatic rings. The van der Waals surface area contributed by atoms with Gasteiger partial charge in [0.25, 0.3) is 5.56 Å². The first kappa shape index (κ1) is 28.8. The maximum Gasteiger partial charge on any atom is 0.418 e. The van der Waals surface area contributed by atoms with E-state index in [2.05, 4.69) is 0 Å². The van der Waals surface area contributed by atoms with Crippen LogP contribution in [0.4, 0.5) is 13.2 Å². The third-order valence-electron chi connectivity index (χ3n) is 6.52. The van der Waals surface area contributed by atoms with Gasteiger partial charge in [0, 0.05) is 22.5 Å². The standard InChI is InChI=1S/C31H28F3N3O2S/c1-18-10-9-11-22(14-18)36-19(2)15-21(20(36)3)16-26-28(39)37(25-13-8-7-12-24(25)31(32,33)34)29(40-26)23(17-35)27(38)30(4,5)6/h7-16H,1-6H3/b26-16-,29-23-. The van der Waals surface area contributed by atoms with Crippen LogP contribution >= 0.6 is 11.3 Å². The fourth-order valence-electron chi connectivity index (χ4n) is 4.59. The van der Waals surface area contributed by atoms with Gasteiger partial charge in [-0.15, -0.1) is 11.3 Å². The van der Waals surface area contributed by atoms with Crippen LogP contribution in [0, 0.1) is 37.5 Å². The first-order chi connectivity index (χ1) is 18.6. The number of para-hydroxylation sites is 1. The van der Waals surface area contributed by atoms with E-state index in [4.69, 9.17) is 0 Å². The molecule has 0 amide bonds. The van der Waals surface area contributed by atoms with Gasteiger partial charge in [-0.2, -0.15) is 18.4 Å². The molecule has 0 fully saturated rings. The predicted octanol–water partition coefficient (Wildman–Crippen LogP) is 5.75. The Morgan fingerprint density at radius 3 is 2.25 bits per heavy atom. The number of benzene rings is 2. The summed E-state index contributed by atoms with van der Waals surface area (Å²) < 4.78 is 44.9. The van der Waals surface area contributed by atoms with Gasteiger partial charge in [0.05, 0.1) is 15.8 Å². The zero-order valence-corrected chi connectivity index (χ0v) is 23.8. The Morgan fingerprint density at radius 2 is 1.65 bits per heavy atom. The number of rotatable bonds is 4. The van der Waals surface area contributed by atoms with E-state index in [1.54, 1.807) is 26.8 Å². The average molecular weight is 564 g/mol. The molecule has 40 heavy (non-hydrogen) atoms. The van der Waals surface area contributed by atoms with Crippen LogP contribution < -0.4 is 14.8 Å². The zero-order chi connectivity index (χ0) is 29.6. The Hall–Kier alpha value is -4.16. The fraction of sp³-hybridized carbons (Fsp3) is 0.258. The van der Waals surface area contributed by atoms with E-state index in [9.17, 15) is 28.0 Å². The van der Waals surface area contributed by atoms with Gasteiger partial charge >= 0.3 is 6.18 Å². The number of alkyl halides is 3. The highest BCUT2D eigenvalue weighted by Gasteiger charge is 2.35. The van der Waals surface area contributed by atoms with Crippen molar-refractivity contribution in [1.29, 1.82) is 5.26 Å². The van der Waals surface area contributed by atoms with Gasteiger partial charge in [-0.05, 0) is 68.3 Å². The monoisotopic (exact) mass is 563 g/mol. The number of thiazole rings is 1. The van der Waals surface area contributed by atoms with Crippen molar-refractivity contribution < 1.29 is 18.0 Å². The summed E-state index contributed by atoms with van der Waals surface area (Å²) in [6.45, 7) is 10.6. The lowest BCUT2D eigenvalue weighted by atomic mass is 9.87. The summed E-state index contributed by atoms with van der Waals surface area (Å²) >= 11 is 0.832. The Bertz CT molecular complexity index is 1860. The molecule has 4 rings (SSSR count). The second-order valence-electron chi connectivity index (χ2n) is 10.6. The molecule has 2 aromatic heterocycles. The molecule has 2 aromatic carbocycles. The molecule has 0 aliphatic heterocycles. The van der Waals surface area contributed by atoms with Crippen LogP contribution in [-0.2, 0) is 11.0 Å². The quantitative estimate of drug-likeness (QED) is 0.318. The van der Waals surface area contributed by atoms with Crippen LogP contribution in [0.1, 0.15) is 48.8 Å². The maximum atomic E-state index is 14.0. The highest BCUT2D eigenvalue weighted by Crippen LogP contribution is 2.33. The van der Waals surface area contributed by atoms with Crippen molar-refractivity contribution in [2.45, 2.75) is 47.7 Å². The summed E-state index contributed by atoms with van der Waals surface area (Å²) in [5.74, 6) is -0.571. The first-order valence-corrected chi connectivity index (χ1v) is 13.3.